The highest BCUT2D eigenvalue weighted by molar-refractivity contribution is 5.80. The molecule has 4 aromatic rings. The number of fused-ring (bicyclic) bond motifs is 1. The molecule has 160 valence electrons. The summed E-state index contributed by atoms with van der Waals surface area (Å²) < 4.78 is 11.8. The number of aryl methyl sites for hydroxylation is 2. The largest absolute Gasteiger partial charge is 0.486 e. The zero-order valence-corrected chi connectivity index (χ0v) is 17.9. The van der Waals surface area contributed by atoms with Gasteiger partial charge in [0.15, 0.2) is 12.6 Å². The van der Waals surface area contributed by atoms with Gasteiger partial charge in [-0.15, -0.1) is 0 Å². The Bertz CT molecular complexity index is 1200. The highest BCUT2D eigenvalue weighted by Crippen LogP contribution is 2.23. The van der Waals surface area contributed by atoms with Crippen LogP contribution in [0.15, 0.2) is 60.7 Å². The van der Waals surface area contributed by atoms with Crippen LogP contribution in [0.3, 0.4) is 0 Å². The third kappa shape index (κ3) is 4.49. The summed E-state index contributed by atoms with van der Waals surface area (Å²) in [6, 6.07) is 18.0. The van der Waals surface area contributed by atoms with Gasteiger partial charge in [-0.3, -0.25) is 9.59 Å². The summed E-state index contributed by atoms with van der Waals surface area (Å²) in [6.07, 6.45) is 1.52. The van der Waals surface area contributed by atoms with Gasteiger partial charge in [0.05, 0.1) is 22.2 Å². The molecule has 6 heteroatoms. The molecule has 0 saturated heterocycles. The molecule has 0 radical (unpaired) electrons. The number of nitrogens with zero attached hydrogens (tertiary/aromatic N) is 2. The maximum absolute atomic E-state index is 11.3. The predicted molar refractivity (Wildman–Crippen MR) is 121 cm³/mol. The van der Waals surface area contributed by atoms with Gasteiger partial charge in [0.2, 0.25) is 0 Å². The summed E-state index contributed by atoms with van der Waals surface area (Å²) in [5.41, 5.74) is 5.88. The number of aromatic nitrogens is 2. The topological polar surface area (TPSA) is 78.4 Å². The Hall–Kier alpha value is -4.06. The third-order valence-corrected chi connectivity index (χ3v) is 5.26. The van der Waals surface area contributed by atoms with E-state index in [1.54, 1.807) is 48.5 Å². The second-order valence-corrected chi connectivity index (χ2v) is 7.43. The number of carbonyl (C=O) groups excluding carboxylic acids is 2. The SMILES string of the molecule is Cc1cc2nc(COc3ccccc3C=O)c(COc3ccccc3C=O)nc2cc1C. The number of aldehydes is 2. The van der Waals surface area contributed by atoms with Crippen LogP contribution in [0.1, 0.15) is 43.2 Å². The highest BCUT2D eigenvalue weighted by atomic mass is 16.5. The van der Waals surface area contributed by atoms with Crippen molar-refractivity contribution in [2.45, 2.75) is 27.1 Å². The third-order valence-electron chi connectivity index (χ3n) is 5.26. The van der Waals surface area contributed by atoms with E-state index >= 15 is 0 Å². The van der Waals surface area contributed by atoms with Gasteiger partial charge in [0.25, 0.3) is 0 Å². The molecule has 0 fully saturated rings. The van der Waals surface area contributed by atoms with Crippen molar-refractivity contribution in [2.24, 2.45) is 0 Å². The van der Waals surface area contributed by atoms with Crippen molar-refractivity contribution in [3.63, 3.8) is 0 Å². The van der Waals surface area contributed by atoms with Gasteiger partial charge in [-0.25, -0.2) is 9.97 Å². The first-order chi connectivity index (χ1) is 15.6. The van der Waals surface area contributed by atoms with Crippen LogP contribution in [0, 0.1) is 13.8 Å². The van der Waals surface area contributed by atoms with E-state index in [4.69, 9.17) is 19.4 Å². The molecule has 0 atom stereocenters. The molecule has 0 N–H and O–H groups in total. The van der Waals surface area contributed by atoms with Gasteiger partial charge in [-0.05, 0) is 61.4 Å². The minimum Gasteiger partial charge on any atom is -0.486 e. The minimum atomic E-state index is 0.120. The molecule has 0 spiro atoms. The van der Waals surface area contributed by atoms with Crippen molar-refractivity contribution in [3.8, 4) is 11.5 Å². The lowest BCUT2D eigenvalue weighted by Gasteiger charge is -2.14. The Morgan fingerprint density at radius 2 is 1.09 bits per heavy atom. The molecular formula is C26H22N2O4. The van der Waals surface area contributed by atoms with E-state index in [0.29, 0.717) is 34.0 Å². The Balaban J connectivity index is 1.69. The molecule has 1 aromatic heterocycles. The lowest BCUT2D eigenvalue weighted by atomic mass is 10.1. The summed E-state index contributed by atoms with van der Waals surface area (Å²) in [7, 11) is 0. The average molecular weight is 426 g/mol. The van der Waals surface area contributed by atoms with Crippen LogP contribution in [0.5, 0.6) is 11.5 Å². The predicted octanol–water partition coefficient (Wildman–Crippen LogP) is 5.03. The van der Waals surface area contributed by atoms with Crippen LogP contribution in [0.25, 0.3) is 11.0 Å². The van der Waals surface area contributed by atoms with Crippen LogP contribution in [-0.4, -0.2) is 22.5 Å². The fourth-order valence-electron chi connectivity index (χ4n) is 3.33. The summed E-state index contributed by atoms with van der Waals surface area (Å²) in [6.45, 7) is 4.30. The van der Waals surface area contributed by atoms with E-state index in [1.807, 2.05) is 26.0 Å². The van der Waals surface area contributed by atoms with Crippen molar-refractivity contribution in [1.82, 2.24) is 9.97 Å². The maximum atomic E-state index is 11.3. The van der Waals surface area contributed by atoms with Crippen LogP contribution >= 0.6 is 0 Å². The fraction of sp³-hybridized carbons (Fsp3) is 0.154. The molecule has 32 heavy (non-hydrogen) atoms. The molecule has 3 aromatic carbocycles. The van der Waals surface area contributed by atoms with Gasteiger partial charge in [-0.2, -0.15) is 0 Å². The number of hydrogen-bond donors (Lipinski definition) is 0. The Kier molecular flexibility index (Phi) is 6.22. The number of rotatable bonds is 8. The van der Waals surface area contributed by atoms with Gasteiger partial charge >= 0.3 is 0 Å². The van der Waals surface area contributed by atoms with Gasteiger partial charge < -0.3 is 9.47 Å². The van der Waals surface area contributed by atoms with Crippen molar-refractivity contribution >= 4 is 23.6 Å². The quantitative estimate of drug-likeness (QED) is 0.368. The van der Waals surface area contributed by atoms with Crippen LogP contribution < -0.4 is 9.47 Å². The average Bonchev–Trinajstić information content (AvgIpc) is 2.82. The number of hydrogen-bond acceptors (Lipinski definition) is 6. The summed E-state index contributed by atoms with van der Waals surface area (Å²) in [4.78, 5) is 32.2. The first-order valence-electron chi connectivity index (χ1n) is 10.2. The zero-order chi connectivity index (χ0) is 22.5. The number of para-hydroxylation sites is 2. The lowest BCUT2D eigenvalue weighted by molar-refractivity contribution is 0.111. The van der Waals surface area contributed by atoms with Gasteiger partial charge in [0.1, 0.15) is 36.1 Å². The molecule has 0 aliphatic heterocycles. The summed E-state index contributed by atoms with van der Waals surface area (Å²) >= 11 is 0. The summed E-state index contributed by atoms with van der Waals surface area (Å²) in [5, 5.41) is 0. The standard InChI is InChI=1S/C26H22N2O4/c1-17-11-21-22(12-18(17)2)28-24(16-32-26-10-6-4-8-20(26)14-30)23(27-21)15-31-25-9-5-3-7-19(25)13-29/h3-14H,15-16H2,1-2H3. The molecule has 0 aliphatic carbocycles. The van der Waals surface area contributed by atoms with E-state index in [0.717, 1.165) is 34.7 Å². The Morgan fingerprint density at radius 3 is 1.50 bits per heavy atom. The summed E-state index contributed by atoms with van der Waals surface area (Å²) in [5.74, 6) is 0.949. The number of benzene rings is 3. The molecule has 0 saturated carbocycles. The molecule has 4 rings (SSSR count). The van der Waals surface area contributed by atoms with Crippen LogP contribution in [0.2, 0.25) is 0 Å². The monoisotopic (exact) mass is 426 g/mol. The van der Waals surface area contributed by atoms with E-state index in [-0.39, 0.29) is 13.2 Å². The lowest BCUT2D eigenvalue weighted by Crippen LogP contribution is -2.10. The molecule has 0 unspecified atom stereocenters. The molecule has 0 amide bonds. The number of carbonyl (C=O) groups is 2. The molecule has 0 bridgehead atoms. The van der Waals surface area contributed by atoms with E-state index < -0.39 is 0 Å². The van der Waals surface area contributed by atoms with Crippen LogP contribution in [0.4, 0.5) is 0 Å². The van der Waals surface area contributed by atoms with Gasteiger partial charge in [-0.1, -0.05) is 24.3 Å². The van der Waals surface area contributed by atoms with E-state index in [9.17, 15) is 9.59 Å². The van der Waals surface area contributed by atoms with Crippen molar-refractivity contribution in [2.75, 3.05) is 0 Å². The maximum Gasteiger partial charge on any atom is 0.153 e. The normalized spacial score (nSPS) is 10.7. The fourth-order valence-corrected chi connectivity index (χ4v) is 3.33. The first kappa shape index (κ1) is 21.2. The molecule has 1 heterocycles. The molecule has 0 aliphatic rings. The van der Waals surface area contributed by atoms with Crippen molar-refractivity contribution in [3.05, 3.63) is 94.3 Å². The van der Waals surface area contributed by atoms with E-state index in [2.05, 4.69) is 0 Å². The second kappa shape index (κ2) is 9.39. The first-order valence-corrected chi connectivity index (χ1v) is 10.2. The molecule has 6 nitrogen and oxygen atoms in total. The second-order valence-electron chi connectivity index (χ2n) is 7.43. The highest BCUT2D eigenvalue weighted by Gasteiger charge is 2.14. The van der Waals surface area contributed by atoms with Crippen molar-refractivity contribution in [1.29, 1.82) is 0 Å². The Labute approximate surface area is 185 Å². The van der Waals surface area contributed by atoms with Crippen LogP contribution in [-0.2, 0) is 13.2 Å². The number of ether oxygens (including phenoxy) is 2. The van der Waals surface area contributed by atoms with Crippen molar-refractivity contribution < 1.29 is 19.1 Å². The zero-order valence-electron chi connectivity index (χ0n) is 17.9. The van der Waals surface area contributed by atoms with Gasteiger partial charge in [0, 0.05) is 0 Å². The van der Waals surface area contributed by atoms with E-state index in [1.165, 1.54) is 0 Å². The Morgan fingerprint density at radius 1 is 0.688 bits per heavy atom. The smallest absolute Gasteiger partial charge is 0.153 e. The minimum absolute atomic E-state index is 0.120. The molecular weight excluding hydrogens is 404 g/mol.